The highest BCUT2D eigenvalue weighted by atomic mass is 35.5. The Balaban J connectivity index is 0.00000312. The van der Waals surface area contributed by atoms with Gasteiger partial charge in [0.1, 0.15) is 0 Å². The first kappa shape index (κ1) is 25.1. The molecular formula is C19H33Cl2N3O2. The van der Waals surface area contributed by atoms with Crippen LogP contribution in [0.4, 0.5) is 0 Å². The minimum Gasteiger partial charge on any atom is -0.387 e. The topological polar surface area (TPSA) is 64.6 Å². The van der Waals surface area contributed by atoms with E-state index < -0.39 is 6.10 Å². The molecule has 0 bridgehead atoms. The van der Waals surface area contributed by atoms with Gasteiger partial charge in [-0.3, -0.25) is 4.79 Å². The molecule has 7 heteroatoms. The number of hydrogen-bond donors (Lipinski definition) is 3. The Labute approximate surface area is 169 Å². The summed E-state index contributed by atoms with van der Waals surface area (Å²) in [6.45, 7) is 4.34. The summed E-state index contributed by atoms with van der Waals surface area (Å²) in [5.74, 6) is 0.718. The predicted molar refractivity (Wildman–Crippen MR) is 111 cm³/mol. The number of carbonyl (C=O) groups is 1. The van der Waals surface area contributed by atoms with Crippen LogP contribution in [0.5, 0.6) is 0 Å². The van der Waals surface area contributed by atoms with Gasteiger partial charge < -0.3 is 20.6 Å². The summed E-state index contributed by atoms with van der Waals surface area (Å²) in [4.78, 5) is 14.1. The van der Waals surface area contributed by atoms with E-state index in [4.69, 9.17) is 0 Å². The van der Waals surface area contributed by atoms with Crippen LogP contribution in [-0.4, -0.2) is 55.7 Å². The fourth-order valence-electron chi connectivity index (χ4n) is 3.17. The van der Waals surface area contributed by atoms with Gasteiger partial charge in [-0.25, -0.2) is 0 Å². The second-order valence-corrected chi connectivity index (χ2v) is 6.68. The third-order valence-corrected chi connectivity index (χ3v) is 4.74. The van der Waals surface area contributed by atoms with Gasteiger partial charge in [0, 0.05) is 19.5 Å². The first-order chi connectivity index (χ1) is 11.7. The number of halogens is 2. The molecule has 0 spiro atoms. The maximum Gasteiger partial charge on any atom is 0.220 e. The van der Waals surface area contributed by atoms with E-state index in [2.05, 4.69) is 15.5 Å². The van der Waals surface area contributed by atoms with E-state index in [9.17, 15) is 9.90 Å². The van der Waals surface area contributed by atoms with Crippen LogP contribution in [0.3, 0.4) is 0 Å². The Morgan fingerprint density at radius 2 is 1.88 bits per heavy atom. The fraction of sp³-hybridized carbons (Fsp3) is 0.632. The molecule has 1 aliphatic rings. The van der Waals surface area contributed by atoms with Gasteiger partial charge >= 0.3 is 0 Å². The minimum atomic E-state index is -0.422. The highest BCUT2D eigenvalue weighted by molar-refractivity contribution is 5.85. The molecule has 3 N–H and O–H groups in total. The number of rotatable bonds is 9. The van der Waals surface area contributed by atoms with Crippen molar-refractivity contribution in [3.05, 3.63) is 35.9 Å². The van der Waals surface area contributed by atoms with E-state index in [0.717, 1.165) is 51.0 Å². The minimum absolute atomic E-state index is 0. The number of benzene rings is 1. The molecule has 0 saturated carbocycles. The van der Waals surface area contributed by atoms with Crippen molar-refractivity contribution in [3.8, 4) is 0 Å². The number of nitrogens with zero attached hydrogens (tertiary/aromatic N) is 1. The molecule has 26 heavy (non-hydrogen) atoms. The molecule has 1 heterocycles. The van der Waals surface area contributed by atoms with Gasteiger partial charge in [-0.05, 0) is 57.4 Å². The van der Waals surface area contributed by atoms with Crippen molar-refractivity contribution < 1.29 is 9.90 Å². The van der Waals surface area contributed by atoms with Crippen molar-refractivity contribution in [2.24, 2.45) is 5.92 Å². The Kier molecular flexibility index (Phi) is 13.8. The maximum atomic E-state index is 11.7. The first-order valence-electron chi connectivity index (χ1n) is 9.05. The lowest BCUT2D eigenvalue weighted by Gasteiger charge is -2.33. The average molecular weight is 406 g/mol. The van der Waals surface area contributed by atoms with E-state index in [1.807, 2.05) is 37.4 Å². The van der Waals surface area contributed by atoms with E-state index in [1.54, 1.807) is 0 Å². The first-order valence-corrected chi connectivity index (χ1v) is 9.05. The van der Waals surface area contributed by atoms with Crippen LogP contribution in [0, 0.1) is 5.92 Å². The van der Waals surface area contributed by atoms with Gasteiger partial charge in [-0.1, -0.05) is 30.3 Å². The Bertz CT molecular complexity index is 483. The molecule has 1 saturated heterocycles. The number of likely N-dealkylation sites (tertiary alicyclic amines) is 1. The van der Waals surface area contributed by atoms with Gasteiger partial charge in [0.05, 0.1) is 6.10 Å². The van der Waals surface area contributed by atoms with E-state index in [0.29, 0.717) is 18.9 Å². The zero-order chi connectivity index (χ0) is 17.2. The van der Waals surface area contributed by atoms with Crippen molar-refractivity contribution in [2.45, 2.75) is 31.8 Å². The van der Waals surface area contributed by atoms with Gasteiger partial charge in [0.25, 0.3) is 0 Å². The normalized spacial score (nSPS) is 16.2. The number of amides is 1. The van der Waals surface area contributed by atoms with E-state index in [1.165, 1.54) is 0 Å². The smallest absolute Gasteiger partial charge is 0.220 e. The number of nitrogens with one attached hydrogen (secondary N) is 2. The maximum absolute atomic E-state index is 11.7. The molecule has 1 atom stereocenters. The molecule has 0 radical (unpaired) electrons. The zero-order valence-electron chi connectivity index (χ0n) is 15.5. The van der Waals surface area contributed by atoms with Crippen LogP contribution < -0.4 is 10.6 Å². The molecule has 0 aromatic heterocycles. The van der Waals surface area contributed by atoms with Crippen LogP contribution in [-0.2, 0) is 4.79 Å². The summed E-state index contributed by atoms with van der Waals surface area (Å²) in [5.41, 5.74) is 0.980. The number of aliphatic hydroxyl groups excluding tert-OH is 1. The summed E-state index contributed by atoms with van der Waals surface area (Å²) in [7, 11) is 1.90. The SMILES string of the molecule is CNCCCC(=O)NCC1CCN(CC(O)c2ccccc2)CC1.Cl.Cl. The summed E-state index contributed by atoms with van der Waals surface area (Å²) < 4.78 is 0. The van der Waals surface area contributed by atoms with Crippen LogP contribution in [0.25, 0.3) is 0 Å². The highest BCUT2D eigenvalue weighted by Crippen LogP contribution is 2.20. The van der Waals surface area contributed by atoms with Gasteiger partial charge in [0.2, 0.25) is 5.91 Å². The van der Waals surface area contributed by atoms with Crippen molar-refractivity contribution in [1.82, 2.24) is 15.5 Å². The second kappa shape index (κ2) is 14.2. The monoisotopic (exact) mass is 405 g/mol. The van der Waals surface area contributed by atoms with Crippen LogP contribution in [0.15, 0.2) is 30.3 Å². The molecule has 0 aliphatic carbocycles. The number of piperidine rings is 1. The van der Waals surface area contributed by atoms with Gasteiger partial charge in [0.15, 0.2) is 0 Å². The fourth-order valence-corrected chi connectivity index (χ4v) is 3.17. The molecule has 2 rings (SSSR count). The molecular weight excluding hydrogens is 373 g/mol. The summed E-state index contributed by atoms with van der Waals surface area (Å²) >= 11 is 0. The molecule has 5 nitrogen and oxygen atoms in total. The predicted octanol–water partition coefficient (Wildman–Crippen LogP) is 2.39. The van der Waals surface area contributed by atoms with Crippen molar-refractivity contribution in [2.75, 3.05) is 39.8 Å². The van der Waals surface area contributed by atoms with Crippen molar-refractivity contribution >= 4 is 30.7 Å². The Hall–Kier alpha value is -0.850. The zero-order valence-corrected chi connectivity index (χ0v) is 17.2. The van der Waals surface area contributed by atoms with Crippen LogP contribution >= 0.6 is 24.8 Å². The number of hydrogen-bond acceptors (Lipinski definition) is 4. The summed E-state index contributed by atoms with van der Waals surface area (Å²) in [6.07, 6.45) is 3.23. The van der Waals surface area contributed by atoms with Crippen LogP contribution in [0.1, 0.15) is 37.4 Å². The molecule has 1 amide bonds. The Morgan fingerprint density at radius 1 is 1.23 bits per heavy atom. The molecule has 1 fully saturated rings. The lowest BCUT2D eigenvalue weighted by Crippen LogP contribution is -2.40. The third kappa shape index (κ3) is 9.19. The Morgan fingerprint density at radius 3 is 2.50 bits per heavy atom. The van der Waals surface area contributed by atoms with Crippen molar-refractivity contribution in [1.29, 1.82) is 0 Å². The van der Waals surface area contributed by atoms with Crippen LogP contribution in [0.2, 0.25) is 0 Å². The molecule has 1 aliphatic heterocycles. The molecule has 1 aromatic carbocycles. The third-order valence-electron chi connectivity index (χ3n) is 4.74. The largest absolute Gasteiger partial charge is 0.387 e. The van der Waals surface area contributed by atoms with Gasteiger partial charge in [-0.15, -0.1) is 24.8 Å². The van der Waals surface area contributed by atoms with Crippen molar-refractivity contribution in [3.63, 3.8) is 0 Å². The number of carbonyl (C=O) groups excluding carboxylic acids is 1. The molecule has 1 unspecified atom stereocenters. The summed E-state index contributed by atoms with van der Waals surface area (Å²) in [6, 6.07) is 9.84. The molecule has 1 aromatic rings. The highest BCUT2D eigenvalue weighted by Gasteiger charge is 2.21. The average Bonchev–Trinajstić information content (AvgIpc) is 2.62. The van der Waals surface area contributed by atoms with Gasteiger partial charge in [-0.2, -0.15) is 0 Å². The lowest BCUT2D eigenvalue weighted by atomic mass is 9.96. The standard InChI is InChI=1S/C19H31N3O2.2ClH/c1-20-11-5-8-19(24)21-14-16-9-12-22(13-10-16)15-18(23)17-6-3-2-4-7-17;;/h2-4,6-7,16,18,20,23H,5,8-15H2,1H3,(H,21,24);2*1H. The summed E-state index contributed by atoms with van der Waals surface area (Å²) in [5, 5.41) is 16.4. The number of aliphatic hydroxyl groups is 1. The number of β-amino-alcohol motifs (C(OH)–C–C–N with tert-alkyl or cyclic N) is 1. The quantitative estimate of drug-likeness (QED) is 0.551. The molecule has 150 valence electrons. The lowest BCUT2D eigenvalue weighted by molar-refractivity contribution is -0.121. The second-order valence-electron chi connectivity index (χ2n) is 6.68. The van der Waals surface area contributed by atoms with E-state index in [-0.39, 0.29) is 30.7 Å². The van der Waals surface area contributed by atoms with E-state index >= 15 is 0 Å².